The average molecular weight is 203 g/mol. The second kappa shape index (κ2) is 5.86. The van der Waals surface area contributed by atoms with Crippen molar-refractivity contribution in [1.82, 2.24) is 5.32 Å². The zero-order valence-corrected chi connectivity index (χ0v) is 9.72. The molecule has 14 heavy (non-hydrogen) atoms. The van der Waals surface area contributed by atoms with Crippen molar-refractivity contribution in [1.29, 1.82) is 0 Å². The molecular formula is C10H21NO3. The summed E-state index contributed by atoms with van der Waals surface area (Å²) in [5.41, 5.74) is -0.439. The van der Waals surface area contributed by atoms with Gasteiger partial charge < -0.3 is 14.8 Å². The highest BCUT2D eigenvalue weighted by Crippen LogP contribution is 2.06. The first-order valence-electron chi connectivity index (χ1n) is 4.83. The number of hydrogen-bond donors (Lipinski definition) is 1. The van der Waals surface area contributed by atoms with E-state index in [0.29, 0.717) is 6.61 Å². The second-order valence-electron chi connectivity index (χ2n) is 4.33. The fourth-order valence-electron chi connectivity index (χ4n) is 0.876. The number of carbonyl (C=O) groups excluding carboxylic acids is 1. The molecule has 1 unspecified atom stereocenters. The van der Waals surface area contributed by atoms with Gasteiger partial charge in [0, 0.05) is 19.8 Å². The zero-order chi connectivity index (χ0) is 11.2. The minimum absolute atomic E-state index is 0.0739. The van der Waals surface area contributed by atoms with Gasteiger partial charge in [-0.2, -0.15) is 0 Å². The standard InChI is InChI=1S/C10H21NO3/c1-8(6-7-13-5)11-9(12)14-10(2,3)4/h8H,6-7H2,1-5H3,(H,11,12). The summed E-state index contributed by atoms with van der Waals surface area (Å²) in [7, 11) is 1.64. The first kappa shape index (κ1) is 13.2. The summed E-state index contributed by atoms with van der Waals surface area (Å²) in [6.45, 7) is 8.07. The molecule has 4 heteroatoms. The molecule has 0 radical (unpaired) electrons. The number of alkyl carbamates (subject to hydrolysis) is 1. The van der Waals surface area contributed by atoms with Crippen LogP contribution in [0.25, 0.3) is 0 Å². The Balaban J connectivity index is 3.71. The highest BCUT2D eigenvalue weighted by Gasteiger charge is 2.17. The zero-order valence-electron chi connectivity index (χ0n) is 9.72. The van der Waals surface area contributed by atoms with E-state index < -0.39 is 5.60 Å². The molecule has 1 N–H and O–H groups in total. The van der Waals surface area contributed by atoms with E-state index in [-0.39, 0.29) is 12.1 Å². The van der Waals surface area contributed by atoms with E-state index in [9.17, 15) is 4.79 Å². The molecule has 0 aromatic carbocycles. The summed E-state index contributed by atoms with van der Waals surface area (Å²) in [5.74, 6) is 0. The molecule has 84 valence electrons. The molecule has 0 rings (SSSR count). The molecule has 0 bridgehead atoms. The van der Waals surface area contributed by atoms with Gasteiger partial charge in [0.25, 0.3) is 0 Å². The van der Waals surface area contributed by atoms with Crippen LogP contribution < -0.4 is 5.32 Å². The molecule has 4 nitrogen and oxygen atoms in total. The maximum absolute atomic E-state index is 11.3. The number of methoxy groups -OCH3 is 1. The van der Waals surface area contributed by atoms with Crippen LogP contribution in [0.1, 0.15) is 34.1 Å². The lowest BCUT2D eigenvalue weighted by Crippen LogP contribution is -2.38. The van der Waals surface area contributed by atoms with Crippen LogP contribution in [0, 0.1) is 0 Å². The Morgan fingerprint density at radius 3 is 2.43 bits per heavy atom. The molecule has 0 heterocycles. The predicted octanol–water partition coefficient (Wildman–Crippen LogP) is 1.94. The van der Waals surface area contributed by atoms with Gasteiger partial charge in [-0.05, 0) is 34.1 Å². The van der Waals surface area contributed by atoms with Gasteiger partial charge in [0.05, 0.1) is 0 Å². The third-order valence-corrected chi connectivity index (χ3v) is 1.52. The number of carbonyl (C=O) groups is 1. The molecule has 0 spiro atoms. The van der Waals surface area contributed by atoms with Crippen LogP contribution in [-0.2, 0) is 9.47 Å². The fraction of sp³-hybridized carbons (Fsp3) is 0.900. The lowest BCUT2D eigenvalue weighted by atomic mass is 10.2. The molecule has 0 fully saturated rings. The van der Waals surface area contributed by atoms with Crippen molar-refractivity contribution >= 4 is 6.09 Å². The molecule has 0 saturated heterocycles. The van der Waals surface area contributed by atoms with Gasteiger partial charge >= 0.3 is 6.09 Å². The first-order valence-corrected chi connectivity index (χ1v) is 4.83. The summed E-state index contributed by atoms with van der Waals surface area (Å²) < 4.78 is 10.0. The third-order valence-electron chi connectivity index (χ3n) is 1.52. The minimum atomic E-state index is -0.439. The van der Waals surface area contributed by atoms with Gasteiger partial charge in [0.1, 0.15) is 5.60 Å². The quantitative estimate of drug-likeness (QED) is 0.759. The number of rotatable bonds is 4. The van der Waals surface area contributed by atoms with Gasteiger partial charge in [-0.1, -0.05) is 0 Å². The Morgan fingerprint density at radius 2 is 2.00 bits per heavy atom. The molecule has 0 aromatic heterocycles. The van der Waals surface area contributed by atoms with Crippen LogP contribution in [0.2, 0.25) is 0 Å². The minimum Gasteiger partial charge on any atom is -0.444 e. The molecule has 0 aliphatic carbocycles. The molecule has 0 aromatic rings. The lowest BCUT2D eigenvalue weighted by Gasteiger charge is -2.21. The number of ether oxygens (including phenoxy) is 2. The van der Waals surface area contributed by atoms with Crippen molar-refractivity contribution in [2.45, 2.75) is 45.8 Å². The first-order chi connectivity index (χ1) is 6.35. The maximum atomic E-state index is 11.3. The van der Waals surface area contributed by atoms with Crippen molar-refractivity contribution in [2.75, 3.05) is 13.7 Å². The van der Waals surface area contributed by atoms with E-state index in [0.717, 1.165) is 6.42 Å². The molecule has 1 atom stereocenters. The summed E-state index contributed by atoms with van der Waals surface area (Å²) in [6.07, 6.45) is 0.413. The van der Waals surface area contributed by atoms with Crippen molar-refractivity contribution in [2.24, 2.45) is 0 Å². The van der Waals surface area contributed by atoms with Crippen molar-refractivity contribution < 1.29 is 14.3 Å². The molecule has 0 aliphatic heterocycles. The van der Waals surface area contributed by atoms with E-state index in [2.05, 4.69) is 5.32 Å². The van der Waals surface area contributed by atoms with Gasteiger partial charge in [-0.3, -0.25) is 0 Å². The smallest absolute Gasteiger partial charge is 0.407 e. The SMILES string of the molecule is COCCC(C)NC(=O)OC(C)(C)C. The molecule has 0 saturated carbocycles. The van der Waals surface area contributed by atoms with Crippen LogP contribution in [0.4, 0.5) is 4.79 Å². The Kier molecular flexibility index (Phi) is 5.53. The van der Waals surface area contributed by atoms with E-state index in [1.165, 1.54) is 0 Å². The fourth-order valence-corrected chi connectivity index (χ4v) is 0.876. The Morgan fingerprint density at radius 1 is 1.43 bits per heavy atom. The van der Waals surface area contributed by atoms with Crippen LogP contribution in [0.5, 0.6) is 0 Å². The maximum Gasteiger partial charge on any atom is 0.407 e. The van der Waals surface area contributed by atoms with Crippen LogP contribution >= 0.6 is 0 Å². The summed E-state index contributed by atoms with van der Waals surface area (Å²) >= 11 is 0. The summed E-state index contributed by atoms with van der Waals surface area (Å²) in [5, 5.41) is 2.73. The van der Waals surface area contributed by atoms with E-state index in [1.54, 1.807) is 7.11 Å². The lowest BCUT2D eigenvalue weighted by molar-refractivity contribution is 0.0499. The van der Waals surface area contributed by atoms with Gasteiger partial charge in [0.2, 0.25) is 0 Å². The van der Waals surface area contributed by atoms with Gasteiger partial charge in [-0.15, -0.1) is 0 Å². The Bertz CT molecular complexity index is 175. The predicted molar refractivity (Wildman–Crippen MR) is 55.3 cm³/mol. The van der Waals surface area contributed by atoms with Crippen LogP contribution in [0.15, 0.2) is 0 Å². The van der Waals surface area contributed by atoms with E-state index >= 15 is 0 Å². The highest BCUT2D eigenvalue weighted by molar-refractivity contribution is 5.67. The highest BCUT2D eigenvalue weighted by atomic mass is 16.6. The average Bonchev–Trinajstić information content (AvgIpc) is 1.96. The molecule has 0 aliphatic rings. The summed E-state index contributed by atoms with van der Waals surface area (Å²) in [6, 6.07) is 0.0739. The number of hydrogen-bond acceptors (Lipinski definition) is 3. The molecule has 1 amide bonds. The van der Waals surface area contributed by atoms with Crippen molar-refractivity contribution in [3.8, 4) is 0 Å². The monoisotopic (exact) mass is 203 g/mol. The Hall–Kier alpha value is -0.770. The third kappa shape index (κ3) is 7.86. The van der Waals surface area contributed by atoms with E-state index in [1.807, 2.05) is 27.7 Å². The van der Waals surface area contributed by atoms with Gasteiger partial charge in [-0.25, -0.2) is 4.79 Å². The second-order valence-corrected chi connectivity index (χ2v) is 4.33. The normalized spacial score (nSPS) is 13.5. The van der Waals surface area contributed by atoms with Crippen LogP contribution in [0.3, 0.4) is 0 Å². The van der Waals surface area contributed by atoms with Gasteiger partial charge in [0.15, 0.2) is 0 Å². The number of nitrogens with one attached hydrogen (secondary N) is 1. The Labute approximate surface area is 86.0 Å². The largest absolute Gasteiger partial charge is 0.444 e. The van der Waals surface area contributed by atoms with Crippen molar-refractivity contribution in [3.05, 3.63) is 0 Å². The van der Waals surface area contributed by atoms with Crippen molar-refractivity contribution in [3.63, 3.8) is 0 Å². The number of amides is 1. The molecular weight excluding hydrogens is 182 g/mol. The van der Waals surface area contributed by atoms with E-state index in [4.69, 9.17) is 9.47 Å². The topological polar surface area (TPSA) is 47.6 Å². The summed E-state index contributed by atoms with van der Waals surface area (Å²) in [4.78, 5) is 11.3. The van der Waals surface area contributed by atoms with Crippen LogP contribution in [-0.4, -0.2) is 31.5 Å².